The van der Waals surface area contributed by atoms with Crippen molar-refractivity contribution >= 4 is 33.9 Å². The first-order valence-corrected chi connectivity index (χ1v) is 10.5. The zero-order valence-electron chi connectivity index (χ0n) is 16.8. The molecule has 8 heteroatoms. The number of fused-ring (bicyclic) bond motifs is 2. The van der Waals surface area contributed by atoms with Gasteiger partial charge in [0.25, 0.3) is 0 Å². The molecule has 1 amide bonds. The highest BCUT2D eigenvalue weighted by Crippen LogP contribution is 2.37. The molecule has 29 heavy (non-hydrogen) atoms. The van der Waals surface area contributed by atoms with Crippen molar-refractivity contribution in [3.8, 4) is 0 Å². The molecule has 0 spiro atoms. The highest BCUT2D eigenvalue weighted by Gasteiger charge is 2.28. The van der Waals surface area contributed by atoms with Gasteiger partial charge in [0.15, 0.2) is 0 Å². The van der Waals surface area contributed by atoms with Crippen LogP contribution in [0.15, 0.2) is 24.5 Å². The van der Waals surface area contributed by atoms with Crippen molar-refractivity contribution in [3.63, 3.8) is 0 Å². The van der Waals surface area contributed by atoms with Crippen molar-refractivity contribution < 1.29 is 14.3 Å². The fraction of sp³-hybridized carbons (Fsp3) is 0.381. The van der Waals surface area contributed by atoms with E-state index in [2.05, 4.69) is 22.2 Å². The van der Waals surface area contributed by atoms with Gasteiger partial charge in [-0.05, 0) is 50.6 Å². The average Bonchev–Trinajstić information content (AvgIpc) is 3.20. The minimum absolute atomic E-state index is 0.144. The normalized spacial score (nSPS) is 14.0. The molecule has 0 saturated heterocycles. The summed E-state index contributed by atoms with van der Waals surface area (Å²) in [6.07, 6.45) is 4.71. The molecular formula is C21H24N4O3S. The van der Waals surface area contributed by atoms with Crippen LogP contribution in [0.4, 0.5) is 5.00 Å². The van der Waals surface area contributed by atoms with Gasteiger partial charge in [0.1, 0.15) is 10.6 Å². The Labute approximate surface area is 173 Å². The van der Waals surface area contributed by atoms with Crippen LogP contribution in [0, 0.1) is 6.92 Å². The summed E-state index contributed by atoms with van der Waals surface area (Å²) in [4.78, 5) is 33.1. The number of aromatic nitrogens is 2. The summed E-state index contributed by atoms with van der Waals surface area (Å²) in [5.74, 6) is -0.560. The number of likely N-dealkylation sites (N-methyl/N-ethyl adjacent to an activating group) is 1. The predicted octanol–water partition coefficient (Wildman–Crippen LogP) is 3.05. The van der Waals surface area contributed by atoms with Crippen molar-refractivity contribution in [2.45, 2.75) is 33.2 Å². The van der Waals surface area contributed by atoms with Gasteiger partial charge in [-0.15, -0.1) is 11.3 Å². The Kier molecular flexibility index (Phi) is 5.38. The van der Waals surface area contributed by atoms with Gasteiger partial charge in [-0.3, -0.25) is 4.79 Å². The summed E-state index contributed by atoms with van der Waals surface area (Å²) in [7, 11) is 2.05. The number of hydrogen-bond donors (Lipinski definition) is 1. The number of nitrogens with zero attached hydrogens (tertiary/aromatic N) is 3. The average molecular weight is 413 g/mol. The fourth-order valence-electron chi connectivity index (χ4n) is 3.60. The first-order valence-electron chi connectivity index (χ1n) is 9.69. The van der Waals surface area contributed by atoms with Crippen LogP contribution in [0.1, 0.15) is 39.0 Å². The van der Waals surface area contributed by atoms with Gasteiger partial charge in [-0.1, -0.05) is 0 Å². The summed E-state index contributed by atoms with van der Waals surface area (Å²) in [5.41, 5.74) is 4.14. The maximum Gasteiger partial charge on any atom is 0.341 e. The summed E-state index contributed by atoms with van der Waals surface area (Å²) >= 11 is 1.47. The number of nitrogens with one attached hydrogen (secondary N) is 1. The lowest BCUT2D eigenvalue weighted by atomic mass is 10.0. The molecule has 3 aromatic rings. The standard InChI is InChI=1S/C21H24N4O3S/c1-4-28-21(27)19-15-6-7-24(3)12-16(15)29-20(19)23-18(26)10-14-11-25-8-5-13(2)9-17(25)22-14/h5,8-9,11H,4,6-7,10,12H2,1-3H3,(H,23,26). The number of thiophene rings is 1. The number of anilines is 1. The summed E-state index contributed by atoms with van der Waals surface area (Å²) < 4.78 is 7.16. The van der Waals surface area contributed by atoms with Gasteiger partial charge in [-0.2, -0.15) is 0 Å². The van der Waals surface area contributed by atoms with Crippen LogP contribution < -0.4 is 5.32 Å². The Morgan fingerprint density at radius 1 is 1.38 bits per heavy atom. The smallest absolute Gasteiger partial charge is 0.341 e. The molecule has 0 bridgehead atoms. The lowest BCUT2D eigenvalue weighted by molar-refractivity contribution is -0.115. The molecule has 0 fully saturated rings. The second-order valence-corrected chi connectivity index (χ2v) is 8.45. The largest absolute Gasteiger partial charge is 0.462 e. The quantitative estimate of drug-likeness (QED) is 0.652. The van der Waals surface area contributed by atoms with Crippen LogP contribution in [0.25, 0.3) is 5.65 Å². The molecule has 0 aromatic carbocycles. The van der Waals surface area contributed by atoms with Crippen molar-refractivity contribution in [2.75, 3.05) is 25.5 Å². The molecule has 4 heterocycles. The van der Waals surface area contributed by atoms with E-state index in [4.69, 9.17) is 4.74 Å². The van der Waals surface area contributed by atoms with Gasteiger partial charge < -0.3 is 19.4 Å². The van der Waals surface area contributed by atoms with Gasteiger partial charge >= 0.3 is 5.97 Å². The van der Waals surface area contributed by atoms with E-state index in [1.807, 2.05) is 35.9 Å². The van der Waals surface area contributed by atoms with Crippen molar-refractivity contribution in [3.05, 3.63) is 51.8 Å². The first-order chi connectivity index (χ1) is 13.9. The van der Waals surface area contributed by atoms with Crippen molar-refractivity contribution in [2.24, 2.45) is 0 Å². The monoisotopic (exact) mass is 412 g/mol. The van der Waals surface area contributed by atoms with Crippen LogP contribution >= 0.6 is 11.3 Å². The molecular weight excluding hydrogens is 388 g/mol. The Hall–Kier alpha value is -2.71. The Bertz CT molecular complexity index is 1090. The predicted molar refractivity (Wildman–Crippen MR) is 113 cm³/mol. The molecule has 1 aliphatic rings. The van der Waals surface area contributed by atoms with Crippen molar-refractivity contribution in [1.82, 2.24) is 14.3 Å². The highest BCUT2D eigenvalue weighted by molar-refractivity contribution is 7.17. The number of amides is 1. The number of carbonyl (C=O) groups excluding carboxylic acids is 2. The number of imidazole rings is 1. The van der Waals surface area contributed by atoms with Gasteiger partial charge in [-0.25, -0.2) is 9.78 Å². The van der Waals surface area contributed by atoms with Gasteiger partial charge in [0, 0.05) is 30.4 Å². The number of hydrogen-bond acceptors (Lipinski definition) is 6. The Morgan fingerprint density at radius 2 is 2.21 bits per heavy atom. The number of esters is 1. The van der Waals surface area contributed by atoms with Crippen molar-refractivity contribution in [1.29, 1.82) is 0 Å². The molecule has 0 saturated carbocycles. The van der Waals surface area contributed by atoms with E-state index in [0.29, 0.717) is 22.9 Å². The molecule has 3 aromatic heterocycles. The number of ether oxygens (including phenoxy) is 1. The summed E-state index contributed by atoms with van der Waals surface area (Å²) in [5, 5.41) is 3.51. The molecule has 4 rings (SSSR count). The van der Waals surface area contributed by atoms with Gasteiger partial charge in [0.05, 0.1) is 24.3 Å². The number of carbonyl (C=O) groups is 2. The summed E-state index contributed by atoms with van der Waals surface area (Å²) in [6.45, 7) is 5.75. The van der Waals surface area contributed by atoms with E-state index in [1.54, 1.807) is 6.92 Å². The van der Waals surface area contributed by atoms with E-state index < -0.39 is 0 Å². The van der Waals surface area contributed by atoms with E-state index in [-0.39, 0.29) is 18.3 Å². The third kappa shape index (κ3) is 4.04. The zero-order valence-corrected chi connectivity index (χ0v) is 17.6. The van der Waals surface area contributed by atoms with Crippen LogP contribution in [-0.2, 0) is 28.9 Å². The second kappa shape index (κ2) is 7.96. The molecule has 0 atom stereocenters. The highest BCUT2D eigenvalue weighted by atomic mass is 32.1. The molecule has 7 nitrogen and oxygen atoms in total. The number of aryl methyl sites for hydroxylation is 1. The molecule has 1 aliphatic heterocycles. The molecule has 0 unspecified atom stereocenters. The zero-order chi connectivity index (χ0) is 20.5. The lowest BCUT2D eigenvalue weighted by Crippen LogP contribution is -2.26. The number of pyridine rings is 1. The van der Waals surface area contributed by atoms with Crippen LogP contribution in [0.2, 0.25) is 0 Å². The lowest BCUT2D eigenvalue weighted by Gasteiger charge is -2.22. The van der Waals surface area contributed by atoms with E-state index in [9.17, 15) is 9.59 Å². The van der Waals surface area contributed by atoms with Crippen LogP contribution in [-0.4, -0.2) is 46.4 Å². The minimum Gasteiger partial charge on any atom is -0.462 e. The maximum absolute atomic E-state index is 12.7. The maximum atomic E-state index is 12.7. The number of rotatable bonds is 5. The first kappa shape index (κ1) is 19.6. The third-order valence-electron chi connectivity index (χ3n) is 4.99. The van der Waals surface area contributed by atoms with Gasteiger partial charge in [0.2, 0.25) is 5.91 Å². The molecule has 152 valence electrons. The Morgan fingerprint density at radius 3 is 3.00 bits per heavy atom. The summed E-state index contributed by atoms with van der Waals surface area (Å²) in [6, 6.07) is 3.97. The molecule has 0 aliphatic carbocycles. The van der Waals surface area contributed by atoms with E-state index in [1.165, 1.54) is 11.3 Å². The van der Waals surface area contributed by atoms with Crippen LogP contribution in [0.5, 0.6) is 0 Å². The molecule has 0 radical (unpaired) electrons. The fourth-order valence-corrected chi connectivity index (χ4v) is 4.93. The van der Waals surface area contributed by atoms with E-state index >= 15 is 0 Å². The second-order valence-electron chi connectivity index (χ2n) is 7.34. The topological polar surface area (TPSA) is 75.9 Å². The molecule has 1 N–H and O–H groups in total. The third-order valence-corrected chi connectivity index (χ3v) is 6.12. The minimum atomic E-state index is -0.368. The Balaban J connectivity index is 1.57. The van der Waals surface area contributed by atoms with E-state index in [0.717, 1.165) is 41.2 Å². The SMILES string of the molecule is CCOC(=O)c1c(NC(=O)Cc2cn3ccc(C)cc3n2)sc2c1CCN(C)C2. The van der Waals surface area contributed by atoms with Crippen LogP contribution in [0.3, 0.4) is 0 Å².